The maximum absolute atomic E-state index is 12.8. The van der Waals surface area contributed by atoms with Crippen LogP contribution in [0.4, 0.5) is 26.3 Å². The van der Waals surface area contributed by atoms with Crippen molar-refractivity contribution < 1.29 is 35.9 Å². The number of carbonyl (C=O) groups is 1. The standard InChI is InChI=1S/C22H21F6N3O2S2/c1-30(14-15-5-3-2-4-6-15)9-11-34-12-10-31-17-8-7-16(33-22(26,27)28)13-18(17)35-20(31)29-19(32)21(23,24)25/h2-8,13H,9-12,14H2,1H3. The van der Waals surface area contributed by atoms with E-state index < -0.39 is 24.2 Å². The highest BCUT2D eigenvalue weighted by Gasteiger charge is 2.38. The zero-order valence-electron chi connectivity index (χ0n) is 18.4. The second-order valence-electron chi connectivity index (χ2n) is 7.46. The molecule has 0 fully saturated rings. The molecule has 0 bridgehead atoms. The fraction of sp³-hybridized carbons (Fsp3) is 0.364. The molecule has 0 aliphatic heterocycles. The third kappa shape index (κ3) is 8.29. The highest BCUT2D eigenvalue weighted by molar-refractivity contribution is 7.99. The van der Waals surface area contributed by atoms with Gasteiger partial charge in [-0.1, -0.05) is 41.7 Å². The van der Waals surface area contributed by atoms with Crippen LogP contribution >= 0.6 is 23.1 Å². The van der Waals surface area contributed by atoms with Gasteiger partial charge in [-0.15, -0.1) is 13.2 Å². The van der Waals surface area contributed by atoms with Crippen LogP contribution in [-0.4, -0.2) is 53.0 Å². The number of fused-ring (bicyclic) bond motifs is 1. The summed E-state index contributed by atoms with van der Waals surface area (Å²) in [6, 6.07) is 13.4. The van der Waals surface area contributed by atoms with E-state index in [4.69, 9.17) is 0 Å². The molecule has 0 unspecified atom stereocenters. The monoisotopic (exact) mass is 537 g/mol. The molecular formula is C22H21F6N3O2S2. The van der Waals surface area contributed by atoms with Crippen molar-refractivity contribution in [2.45, 2.75) is 25.6 Å². The van der Waals surface area contributed by atoms with Crippen molar-refractivity contribution >= 4 is 39.2 Å². The number of nitrogens with zero attached hydrogens (tertiary/aromatic N) is 3. The van der Waals surface area contributed by atoms with Crippen molar-refractivity contribution in [3.05, 3.63) is 58.9 Å². The van der Waals surface area contributed by atoms with Crippen molar-refractivity contribution in [3.8, 4) is 5.75 Å². The van der Waals surface area contributed by atoms with E-state index in [1.807, 2.05) is 37.4 Å². The predicted octanol–water partition coefficient (Wildman–Crippen LogP) is 5.46. The first-order valence-corrected chi connectivity index (χ1v) is 12.2. The summed E-state index contributed by atoms with van der Waals surface area (Å²) in [7, 11) is 1.98. The van der Waals surface area contributed by atoms with Crippen molar-refractivity contribution in [1.29, 1.82) is 0 Å². The number of thioether (sulfide) groups is 1. The molecule has 0 N–H and O–H groups in total. The largest absolute Gasteiger partial charge is 0.573 e. The molecule has 1 heterocycles. The Kier molecular flexibility index (Phi) is 8.89. The summed E-state index contributed by atoms with van der Waals surface area (Å²) >= 11 is 2.25. The number of alkyl halides is 6. The highest BCUT2D eigenvalue weighted by Crippen LogP contribution is 2.28. The Hall–Kier alpha value is -2.51. The first-order valence-electron chi connectivity index (χ1n) is 10.3. The zero-order valence-corrected chi connectivity index (χ0v) is 20.0. The lowest BCUT2D eigenvalue weighted by molar-refractivity contribution is -0.274. The first kappa shape index (κ1) is 27.1. The smallest absolute Gasteiger partial charge is 0.406 e. The molecule has 0 aliphatic rings. The number of ether oxygens (including phenoxy) is 1. The lowest BCUT2D eigenvalue weighted by Gasteiger charge is -2.16. The summed E-state index contributed by atoms with van der Waals surface area (Å²) in [5.74, 6) is -1.54. The van der Waals surface area contributed by atoms with Crippen molar-refractivity contribution in [1.82, 2.24) is 9.47 Å². The Balaban J connectivity index is 1.70. The minimum absolute atomic E-state index is 0.216. The lowest BCUT2D eigenvalue weighted by atomic mass is 10.2. The lowest BCUT2D eigenvalue weighted by Crippen LogP contribution is -2.26. The number of thiazole rings is 1. The number of aryl methyl sites for hydroxylation is 1. The summed E-state index contributed by atoms with van der Waals surface area (Å²) in [6.45, 7) is 1.77. The molecule has 13 heteroatoms. The predicted molar refractivity (Wildman–Crippen MR) is 123 cm³/mol. The van der Waals surface area contributed by atoms with Crippen LogP contribution in [-0.2, 0) is 17.9 Å². The molecule has 2 aromatic carbocycles. The van der Waals surface area contributed by atoms with E-state index in [1.165, 1.54) is 16.2 Å². The van der Waals surface area contributed by atoms with Gasteiger partial charge < -0.3 is 14.2 Å². The van der Waals surface area contributed by atoms with Crippen molar-refractivity contribution in [2.24, 2.45) is 4.99 Å². The molecule has 0 radical (unpaired) electrons. The number of halogens is 6. The number of carbonyl (C=O) groups excluding carboxylic acids is 1. The van der Waals surface area contributed by atoms with E-state index >= 15 is 0 Å². The normalized spacial score (nSPS) is 13.1. The van der Waals surface area contributed by atoms with Crippen LogP contribution in [0.15, 0.2) is 53.5 Å². The number of rotatable bonds is 9. The molecular weight excluding hydrogens is 516 g/mol. The van der Waals surface area contributed by atoms with E-state index in [1.54, 1.807) is 11.8 Å². The molecule has 0 aliphatic carbocycles. The van der Waals surface area contributed by atoms with Gasteiger partial charge in [0.15, 0.2) is 4.80 Å². The summed E-state index contributed by atoms with van der Waals surface area (Å²) < 4.78 is 81.4. The van der Waals surface area contributed by atoms with Crippen LogP contribution in [0, 0.1) is 0 Å². The molecule has 35 heavy (non-hydrogen) atoms. The molecule has 0 saturated carbocycles. The van der Waals surface area contributed by atoms with E-state index in [2.05, 4.69) is 14.6 Å². The molecule has 0 atom stereocenters. The van der Waals surface area contributed by atoms with Crippen LogP contribution < -0.4 is 9.54 Å². The van der Waals surface area contributed by atoms with Gasteiger partial charge in [-0.05, 0) is 30.8 Å². The van der Waals surface area contributed by atoms with Crippen LogP contribution in [0.5, 0.6) is 5.75 Å². The average Bonchev–Trinajstić information content (AvgIpc) is 3.08. The van der Waals surface area contributed by atoms with Crippen LogP contribution in [0.3, 0.4) is 0 Å². The summed E-state index contributed by atoms with van der Waals surface area (Å²) in [5.41, 5.74) is 1.54. The molecule has 3 aromatic rings. The maximum atomic E-state index is 12.8. The Morgan fingerprint density at radius 1 is 1.09 bits per heavy atom. The van der Waals surface area contributed by atoms with E-state index in [-0.39, 0.29) is 16.0 Å². The molecule has 1 aromatic heterocycles. The Morgan fingerprint density at radius 3 is 2.46 bits per heavy atom. The van der Waals surface area contributed by atoms with Gasteiger partial charge in [0.05, 0.1) is 10.2 Å². The van der Waals surface area contributed by atoms with E-state index in [0.717, 1.165) is 31.0 Å². The van der Waals surface area contributed by atoms with Gasteiger partial charge in [0.1, 0.15) is 5.75 Å². The average molecular weight is 538 g/mol. The minimum atomic E-state index is -5.16. The van der Waals surface area contributed by atoms with Crippen LogP contribution in [0.25, 0.3) is 10.2 Å². The number of hydrogen-bond donors (Lipinski definition) is 0. The fourth-order valence-corrected chi connectivity index (χ4v) is 5.19. The van der Waals surface area contributed by atoms with Gasteiger partial charge in [-0.25, -0.2) is 0 Å². The van der Waals surface area contributed by atoms with Gasteiger partial charge in [0.2, 0.25) is 0 Å². The molecule has 190 valence electrons. The van der Waals surface area contributed by atoms with E-state index in [9.17, 15) is 31.1 Å². The Morgan fingerprint density at radius 2 is 1.80 bits per heavy atom. The zero-order chi connectivity index (χ0) is 25.6. The topological polar surface area (TPSA) is 46.8 Å². The highest BCUT2D eigenvalue weighted by atomic mass is 32.2. The second-order valence-corrected chi connectivity index (χ2v) is 9.70. The molecule has 5 nitrogen and oxygen atoms in total. The molecule has 1 amide bonds. The second kappa shape index (κ2) is 11.5. The number of hydrogen-bond acceptors (Lipinski definition) is 5. The van der Waals surface area contributed by atoms with Gasteiger partial charge in [-0.3, -0.25) is 4.79 Å². The first-order chi connectivity index (χ1) is 16.4. The quantitative estimate of drug-likeness (QED) is 0.269. The number of amides is 1. The molecule has 3 rings (SSSR count). The van der Waals surface area contributed by atoms with Crippen molar-refractivity contribution in [3.63, 3.8) is 0 Å². The summed E-state index contributed by atoms with van der Waals surface area (Å²) in [4.78, 5) is 16.5. The van der Waals surface area contributed by atoms with Gasteiger partial charge in [-0.2, -0.15) is 29.9 Å². The van der Waals surface area contributed by atoms with Gasteiger partial charge in [0, 0.05) is 31.1 Å². The summed E-state index contributed by atoms with van der Waals surface area (Å²) in [6.07, 6.45) is -10.1. The third-order valence-electron chi connectivity index (χ3n) is 4.70. The van der Waals surface area contributed by atoms with Crippen LogP contribution in [0.2, 0.25) is 0 Å². The number of benzene rings is 2. The van der Waals surface area contributed by atoms with Crippen molar-refractivity contribution in [2.75, 3.05) is 25.1 Å². The fourth-order valence-electron chi connectivity index (χ4n) is 3.15. The number of aromatic nitrogens is 1. The van der Waals surface area contributed by atoms with E-state index in [0.29, 0.717) is 22.6 Å². The van der Waals surface area contributed by atoms with Gasteiger partial charge in [0.25, 0.3) is 0 Å². The minimum Gasteiger partial charge on any atom is -0.406 e. The maximum Gasteiger partial charge on any atom is 0.573 e. The third-order valence-corrected chi connectivity index (χ3v) is 6.68. The summed E-state index contributed by atoms with van der Waals surface area (Å²) in [5, 5.41) is 0. The Bertz CT molecular complexity index is 1210. The van der Waals surface area contributed by atoms with Crippen LogP contribution in [0.1, 0.15) is 5.56 Å². The van der Waals surface area contributed by atoms with Gasteiger partial charge >= 0.3 is 18.4 Å². The molecule has 0 saturated heterocycles. The molecule has 0 spiro atoms. The Labute approximate surface area is 205 Å². The SMILES string of the molecule is CN(CCSCCn1c(=NC(=O)C(F)(F)F)sc2cc(OC(F)(F)F)ccc21)Cc1ccccc1.